The summed E-state index contributed by atoms with van der Waals surface area (Å²) in [6.07, 6.45) is -0.681. The predicted molar refractivity (Wildman–Crippen MR) is 121 cm³/mol. The van der Waals surface area contributed by atoms with Crippen molar-refractivity contribution in [2.45, 2.75) is 43.9 Å². The molecule has 2 unspecified atom stereocenters. The maximum Gasteiger partial charge on any atom is 0.407 e. The average molecular weight is 453 g/mol. The summed E-state index contributed by atoms with van der Waals surface area (Å²) in [6, 6.07) is 14.7. The number of amides is 2. The third-order valence-electron chi connectivity index (χ3n) is 6.39. The molecule has 2 aliphatic rings. The smallest absolute Gasteiger partial charge is 0.407 e. The van der Waals surface area contributed by atoms with Crippen LogP contribution in [0.1, 0.15) is 36.8 Å². The summed E-state index contributed by atoms with van der Waals surface area (Å²) >= 11 is 0. The number of carboxylic acids is 1. The number of carbonyl (C=O) groups is 3. The molecule has 0 radical (unpaired) electrons. The van der Waals surface area contributed by atoms with Gasteiger partial charge in [0.25, 0.3) is 0 Å². The Hall–Kier alpha value is -3.39. The molecule has 1 fully saturated rings. The lowest BCUT2D eigenvalue weighted by molar-refractivity contribution is -0.148. The molecule has 1 aliphatic heterocycles. The molecule has 8 nitrogen and oxygen atoms in total. The van der Waals surface area contributed by atoms with Gasteiger partial charge in [0, 0.05) is 38.5 Å². The zero-order valence-electron chi connectivity index (χ0n) is 18.7. The molecule has 3 atom stereocenters. The first-order valence-electron chi connectivity index (χ1n) is 11.1. The Labute approximate surface area is 192 Å². The number of aliphatic carboxylic acids is 1. The van der Waals surface area contributed by atoms with Crippen LogP contribution in [0.4, 0.5) is 4.79 Å². The van der Waals surface area contributed by atoms with Gasteiger partial charge in [-0.1, -0.05) is 48.5 Å². The van der Waals surface area contributed by atoms with Crippen LogP contribution in [0.3, 0.4) is 0 Å². The molecule has 2 amide bonds. The molecule has 4 rings (SSSR count). The average Bonchev–Trinajstić information content (AvgIpc) is 3.38. The summed E-state index contributed by atoms with van der Waals surface area (Å²) in [5, 5.41) is 12.1. The molecule has 1 heterocycles. The number of hydrogen-bond donors (Lipinski definition) is 2. The summed E-state index contributed by atoms with van der Waals surface area (Å²) in [6.45, 7) is 2.10. The molecule has 0 bridgehead atoms. The monoisotopic (exact) mass is 452 g/mol. The van der Waals surface area contributed by atoms with Crippen LogP contribution < -0.4 is 5.32 Å². The zero-order valence-corrected chi connectivity index (χ0v) is 18.7. The zero-order chi connectivity index (χ0) is 23.5. The summed E-state index contributed by atoms with van der Waals surface area (Å²) in [4.78, 5) is 37.9. The summed E-state index contributed by atoms with van der Waals surface area (Å²) in [5.74, 6) is -1.44. The highest BCUT2D eigenvalue weighted by Gasteiger charge is 2.40. The van der Waals surface area contributed by atoms with Crippen LogP contribution in [0.25, 0.3) is 11.1 Å². The topological polar surface area (TPSA) is 105 Å². The van der Waals surface area contributed by atoms with Crippen LogP contribution >= 0.6 is 0 Å². The number of methoxy groups -OCH3 is 1. The molecule has 33 heavy (non-hydrogen) atoms. The standard InChI is InChI=1S/C25H28N2O6/c1-15(11-23(28)27-13-16(32-2)12-22(27)24(29)30)26-25(31)33-14-21-19-9-5-3-7-17(19)18-8-4-6-10-20(18)21/h3-10,15-16,21-22H,11-14H2,1-2H3,(H,26,31)(H,29,30)/t15-,16?,22?/m0/s1. The Morgan fingerprint density at radius 3 is 2.27 bits per heavy atom. The summed E-state index contributed by atoms with van der Waals surface area (Å²) in [7, 11) is 1.50. The van der Waals surface area contributed by atoms with Gasteiger partial charge in [-0.05, 0) is 29.2 Å². The molecule has 8 heteroatoms. The highest BCUT2D eigenvalue weighted by atomic mass is 16.5. The van der Waals surface area contributed by atoms with E-state index in [4.69, 9.17) is 9.47 Å². The predicted octanol–water partition coefficient (Wildman–Crippen LogP) is 3.00. The van der Waals surface area contributed by atoms with Crippen molar-refractivity contribution in [2.75, 3.05) is 20.3 Å². The molecular weight excluding hydrogens is 424 g/mol. The van der Waals surface area contributed by atoms with Crippen LogP contribution in [0, 0.1) is 0 Å². The van der Waals surface area contributed by atoms with Gasteiger partial charge in [0.05, 0.1) is 6.10 Å². The van der Waals surface area contributed by atoms with E-state index in [0.717, 1.165) is 22.3 Å². The van der Waals surface area contributed by atoms with Crippen molar-refractivity contribution >= 4 is 18.0 Å². The lowest BCUT2D eigenvalue weighted by atomic mass is 9.98. The number of rotatable bonds is 7. The van der Waals surface area contributed by atoms with E-state index in [-0.39, 0.29) is 43.9 Å². The van der Waals surface area contributed by atoms with Gasteiger partial charge in [0.1, 0.15) is 12.6 Å². The fourth-order valence-corrected chi connectivity index (χ4v) is 4.75. The maximum absolute atomic E-state index is 12.7. The van der Waals surface area contributed by atoms with Gasteiger partial charge in [0.15, 0.2) is 0 Å². The second kappa shape index (κ2) is 9.62. The van der Waals surface area contributed by atoms with E-state index in [2.05, 4.69) is 17.4 Å². The number of fused-ring (bicyclic) bond motifs is 3. The Kier molecular flexibility index (Phi) is 6.65. The molecule has 1 saturated heterocycles. The molecule has 0 saturated carbocycles. The van der Waals surface area contributed by atoms with Crippen molar-refractivity contribution in [3.05, 3.63) is 59.7 Å². The molecule has 0 spiro atoms. The lowest BCUT2D eigenvalue weighted by Crippen LogP contribution is -2.44. The largest absolute Gasteiger partial charge is 0.480 e. The minimum atomic E-state index is -1.06. The first-order chi connectivity index (χ1) is 15.9. The fraction of sp³-hybridized carbons (Fsp3) is 0.400. The molecule has 2 N–H and O–H groups in total. The van der Waals surface area contributed by atoms with Crippen molar-refractivity contribution in [2.24, 2.45) is 0 Å². The van der Waals surface area contributed by atoms with Crippen LogP contribution in [-0.4, -0.2) is 66.4 Å². The number of hydrogen-bond acceptors (Lipinski definition) is 5. The normalized spacial score (nSPS) is 20.1. The minimum Gasteiger partial charge on any atom is -0.480 e. The second-order valence-electron chi connectivity index (χ2n) is 8.57. The fourth-order valence-electron chi connectivity index (χ4n) is 4.75. The van der Waals surface area contributed by atoms with Gasteiger partial charge in [0.2, 0.25) is 5.91 Å². The molecule has 0 aromatic heterocycles. The number of nitrogens with zero attached hydrogens (tertiary/aromatic N) is 1. The highest BCUT2D eigenvalue weighted by Crippen LogP contribution is 2.44. The maximum atomic E-state index is 12.7. The third kappa shape index (κ3) is 4.71. The van der Waals surface area contributed by atoms with Gasteiger partial charge >= 0.3 is 12.1 Å². The Balaban J connectivity index is 1.32. The quantitative estimate of drug-likeness (QED) is 0.669. The van der Waals surface area contributed by atoms with Crippen LogP contribution in [0.15, 0.2) is 48.5 Å². The van der Waals surface area contributed by atoms with Crippen molar-refractivity contribution < 1.29 is 29.0 Å². The van der Waals surface area contributed by atoms with Gasteiger partial charge in [-0.25, -0.2) is 9.59 Å². The van der Waals surface area contributed by atoms with Gasteiger partial charge < -0.3 is 24.8 Å². The Bertz CT molecular complexity index is 1010. The van der Waals surface area contributed by atoms with Crippen LogP contribution in [0.2, 0.25) is 0 Å². The van der Waals surface area contributed by atoms with Crippen molar-refractivity contribution in [1.82, 2.24) is 10.2 Å². The number of carbonyl (C=O) groups excluding carboxylic acids is 2. The number of nitrogens with one attached hydrogen (secondary N) is 1. The Morgan fingerprint density at radius 1 is 1.09 bits per heavy atom. The lowest BCUT2D eigenvalue weighted by Gasteiger charge is -2.23. The summed E-state index contributed by atoms with van der Waals surface area (Å²) < 4.78 is 10.7. The van der Waals surface area contributed by atoms with Crippen LogP contribution in [0.5, 0.6) is 0 Å². The third-order valence-corrected chi connectivity index (χ3v) is 6.39. The number of alkyl carbamates (subject to hydrolysis) is 1. The van der Waals surface area contributed by atoms with E-state index in [1.807, 2.05) is 36.4 Å². The summed E-state index contributed by atoms with van der Waals surface area (Å²) in [5.41, 5.74) is 4.54. The van der Waals surface area contributed by atoms with Gasteiger partial charge in [-0.15, -0.1) is 0 Å². The molecule has 1 aliphatic carbocycles. The van der Waals surface area contributed by atoms with E-state index >= 15 is 0 Å². The number of benzene rings is 2. The second-order valence-corrected chi connectivity index (χ2v) is 8.57. The molecule has 2 aromatic carbocycles. The Morgan fingerprint density at radius 2 is 1.70 bits per heavy atom. The van der Waals surface area contributed by atoms with E-state index in [1.54, 1.807) is 6.92 Å². The van der Waals surface area contributed by atoms with E-state index in [1.165, 1.54) is 12.0 Å². The minimum absolute atomic E-state index is 0.0234. The first kappa shape index (κ1) is 22.8. The molecule has 174 valence electrons. The van der Waals surface area contributed by atoms with Crippen molar-refractivity contribution in [3.63, 3.8) is 0 Å². The van der Waals surface area contributed by atoms with E-state index < -0.39 is 24.1 Å². The van der Waals surface area contributed by atoms with E-state index in [9.17, 15) is 19.5 Å². The van der Waals surface area contributed by atoms with Gasteiger partial charge in [-0.2, -0.15) is 0 Å². The highest BCUT2D eigenvalue weighted by molar-refractivity contribution is 5.85. The van der Waals surface area contributed by atoms with E-state index in [0.29, 0.717) is 0 Å². The van der Waals surface area contributed by atoms with Crippen molar-refractivity contribution in [1.29, 1.82) is 0 Å². The molecular formula is C25H28N2O6. The van der Waals surface area contributed by atoms with Crippen molar-refractivity contribution in [3.8, 4) is 11.1 Å². The number of likely N-dealkylation sites (tertiary alicyclic amines) is 1. The molecule has 2 aromatic rings. The SMILES string of the molecule is COC1CC(C(=O)O)N(C(=O)C[C@H](C)NC(=O)OCC2c3ccccc3-c3ccccc32)C1. The first-order valence-corrected chi connectivity index (χ1v) is 11.1. The number of carboxylic acid groups (broad SMARTS) is 1. The van der Waals surface area contributed by atoms with Crippen LogP contribution in [-0.2, 0) is 19.1 Å². The number of ether oxygens (including phenoxy) is 2. The van der Waals surface area contributed by atoms with Gasteiger partial charge in [-0.3, -0.25) is 4.79 Å².